The zero-order chi connectivity index (χ0) is 20.3. The monoisotopic (exact) mass is 416 g/mol. The Hall–Kier alpha value is -1.65. The van der Waals surface area contributed by atoms with Gasteiger partial charge in [-0.15, -0.1) is 0 Å². The van der Waals surface area contributed by atoms with E-state index in [-0.39, 0.29) is 61.9 Å². The molecule has 0 radical (unpaired) electrons. The van der Waals surface area contributed by atoms with Crippen LogP contribution in [0.15, 0.2) is 15.9 Å². The van der Waals surface area contributed by atoms with E-state index in [1.165, 1.54) is 22.4 Å². The minimum atomic E-state index is -1.53. The van der Waals surface area contributed by atoms with Crippen LogP contribution >= 0.6 is 0 Å². The molecule has 11 heteroatoms. The third kappa shape index (κ3) is 3.02. The smallest absolute Gasteiger partial charge is 0.550 e. The Kier molecular flexibility index (Phi) is 5.91. The van der Waals surface area contributed by atoms with Crippen LogP contribution in [0.5, 0.6) is 0 Å². The van der Waals surface area contributed by atoms with Crippen molar-refractivity contribution in [3.63, 3.8) is 0 Å². The van der Waals surface area contributed by atoms with E-state index in [0.29, 0.717) is 0 Å². The van der Waals surface area contributed by atoms with Crippen LogP contribution in [0.2, 0.25) is 0 Å². The Morgan fingerprint density at radius 3 is 2.43 bits per heavy atom. The van der Waals surface area contributed by atoms with Crippen molar-refractivity contribution in [1.82, 2.24) is 19.1 Å². The van der Waals surface area contributed by atoms with Gasteiger partial charge in [0.15, 0.2) is 11.2 Å². The molecule has 2 heterocycles. The van der Waals surface area contributed by atoms with Gasteiger partial charge in [-0.05, 0) is 17.8 Å². The Morgan fingerprint density at radius 2 is 1.89 bits per heavy atom. The summed E-state index contributed by atoms with van der Waals surface area (Å²) in [4.78, 5) is 54.3. The van der Waals surface area contributed by atoms with Crippen LogP contribution in [0.1, 0.15) is 27.2 Å². The van der Waals surface area contributed by atoms with Crippen LogP contribution in [0, 0.1) is 22.7 Å². The van der Waals surface area contributed by atoms with Crippen molar-refractivity contribution in [3.05, 3.63) is 27.2 Å². The fourth-order valence-electron chi connectivity index (χ4n) is 4.37. The molecule has 2 aromatic heterocycles. The molecular formula is C17H20CaN4O6. The molecule has 0 aromatic carbocycles. The molecule has 10 nitrogen and oxygen atoms in total. The van der Waals surface area contributed by atoms with Gasteiger partial charge < -0.3 is 24.4 Å². The van der Waals surface area contributed by atoms with Crippen LogP contribution in [-0.4, -0.2) is 68.8 Å². The van der Waals surface area contributed by atoms with Crippen molar-refractivity contribution in [2.45, 2.75) is 33.7 Å². The largest absolute Gasteiger partial charge is 2.00 e. The summed E-state index contributed by atoms with van der Waals surface area (Å²) in [5.74, 6) is -4.50. The Balaban J connectivity index is 0.00000280. The van der Waals surface area contributed by atoms with Crippen molar-refractivity contribution in [3.8, 4) is 0 Å². The molecule has 1 N–H and O–H groups in total. The SMILES string of the molecule is Cn1cnc2c1c(=O)[nH]c(=O)n2CC1CC(C(=O)[O-])C(C)(C)C1(C)C(=O)[O-].[Ca+2]. The topological polar surface area (TPSA) is 153 Å². The fourth-order valence-corrected chi connectivity index (χ4v) is 4.37. The number of carbonyl (C=O) groups is 2. The third-order valence-electron chi connectivity index (χ3n) is 6.51. The second-order valence-electron chi connectivity index (χ2n) is 7.91. The first-order valence-corrected chi connectivity index (χ1v) is 8.49. The number of fused-ring (bicyclic) bond motifs is 1. The van der Waals surface area contributed by atoms with Crippen molar-refractivity contribution in [2.75, 3.05) is 0 Å². The van der Waals surface area contributed by atoms with E-state index < -0.39 is 45.9 Å². The van der Waals surface area contributed by atoms with Gasteiger partial charge in [-0.3, -0.25) is 14.3 Å². The number of carboxylic acid groups (broad SMARTS) is 2. The predicted octanol–water partition coefficient (Wildman–Crippen LogP) is -2.79. The molecule has 28 heavy (non-hydrogen) atoms. The van der Waals surface area contributed by atoms with Gasteiger partial charge in [0.25, 0.3) is 5.56 Å². The van der Waals surface area contributed by atoms with Crippen LogP contribution in [0.4, 0.5) is 0 Å². The van der Waals surface area contributed by atoms with E-state index in [1.807, 2.05) is 0 Å². The van der Waals surface area contributed by atoms with Gasteiger partial charge in [0.05, 0.1) is 6.33 Å². The van der Waals surface area contributed by atoms with E-state index in [0.717, 1.165) is 0 Å². The van der Waals surface area contributed by atoms with Crippen LogP contribution in [0.3, 0.4) is 0 Å². The summed E-state index contributed by atoms with van der Waals surface area (Å²) < 4.78 is 2.63. The molecule has 3 rings (SSSR count). The van der Waals surface area contributed by atoms with Crippen molar-refractivity contribution >= 4 is 60.8 Å². The predicted molar refractivity (Wildman–Crippen MR) is 94.8 cm³/mol. The number of nitrogens with zero attached hydrogens (tertiary/aromatic N) is 3. The normalized spacial score (nSPS) is 26.1. The number of aromatic amines is 1. The van der Waals surface area contributed by atoms with E-state index in [4.69, 9.17) is 0 Å². The molecule has 0 aliphatic heterocycles. The molecule has 0 amide bonds. The summed E-state index contributed by atoms with van der Waals surface area (Å²) in [5.41, 5.74) is -3.76. The fraction of sp³-hybridized carbons (Fsp3) is 0.588. The number of aromatic nitrogens is 4. The first-order valence-electron chi connectivity index (χ1n) is 8.49. The molecule has 2 aromatic rings. The standard InChI is InChI=1S/C17H22N4O6.Ca/c1-16(2)9(13(23)24)5-8(17(16,3)14(25)26)6-21-11-10(20(4)7-18-11)12(22)19-15(21)27;/h7-9H,5-6H2,1-4H3,(H,23,24)(H,25,26)(H,19,22,27);/q;+2/p-2. The van der Waals surface area contributed by atoms with E-state index >= 15 is 0 Å². The number of hydrogen-bond donors (Lipinski definition) is 1. The molecule has 1 aliphatic rings. The molecule has 1 fully saturated rings. The molecular weight excluding hydrogens is 396 g/mol. The van der Waals surface area contributed by atoms with Gasteiger partial charge in [-0.1, -0.05) is 20.8 Å². The number of carboxylic acids is 2. The molecule has 0 saturated heterocycles. The van der Waals surface area contributed by atoms with Crippen molar-refractivity contribution in [1.29, 1.82) is 0 Å². The van der Waals surface area contributed by atoms with Crippen LogP contribution in [-0.2, 0) is 23.2 Å². The number of aryl methyl sites for hydroxylation is 1. The maximum absolute atomic E-state index is 12.4. The number of hydrogen-bond acceptors (Lipinski definition) is 7. The second-order valence-corrected chi connectivity index (χ2v) is 7.91. The van der Waals surface area contributed by atoms with Gasteiger partial charge in [-0.2, -0.15) is 0 Å². The summed E-state index contributed by atoms with van der Waals surface area (Å²) >= 11 is 0. The zero-order valence-electron chi connectivity index (χ0n) is 16.1. The van der Waals surface area contributed by atoms with Gasteiger partial charge in [0.1, 0.15) is 0 Å². The van der Waals surface area contributed by atoms with E-state index in [9.17, 15) is 29.4 Å². The van der Waals surface area contributed by atoms with Crippen molar-refractivity contribution < 1.29 is 19.8 Å². The molecule has 1 aliphatic carbocycles. The molecule has 0 spiro atoms. The number of H-pyrrole nitrogens is 1. The number of rotatable bonds is 4. The minimum absolute atomic E-state index is 0. The average Bonchev–Trinajstić information content (AvgIpc) is 3.02. The summed E-state index contributed by atoms with van der Waals surface area (Å²) in [6, 6.07) is 0. The average molecular weight is 416 g/mol. The maximum Gasteiger partial charge on any atom is 2.00 e. The molecule has 3 unspecified atom stereocenters. The van der Waals surface area contributed by atoms with E-state index in [2.05, 4.69) is 9.97 Å². The number of nitrogens with one attached hydrogen (secondary N) is 1. The maximum atomic E-state index is 12.4. The molecule has 3 atom stereocenters. The van der Waals surface area contributed by atoms with Crippen LogP contribution in [0.25, 0.3) is 11.2 Å². The minimum Gasteiger partial charge on any atom is -0.550 e. The Bertz CT molecular complexity index is 1070. The summed E-state index contributed by atoms with van der Waals surface area (Å²) in [7, 11) is 1.59. The quantitative estimate of drug-likeness (QED) is 0.529. The van der Waals surface area contributed by atoms with Gasteiger partial charge in [0.2, 0.25) is 0 Å². The zero-order valence-corrected chi connectivity index (χ0v) is 18.4. The second kappa shape index (κ2) is 7.31. The third-order valence-corrected chi connectivity index (χ3v) is 6.51. The van der Waals surface area contributed by atoms with E-state index in [1.54, 1.807) is 20.9 Å². The summed E-state index contributed by atoms with van der Waals surface area (Å²) in [6.45, 7) is 4.41. The number of aliphatic carboxylic acids is 2. The van der Waals surface area contributed by atoms with Gasteiger partial charge >= 0.3 is 43.4 Å². The van der Waals surface area contributed by atoms with Gasteiger partial charge in [0, 0.05) is 36.9 Å². The first-order chi connectivity index (χ1) is 12.4. The summed E-state index contributed by atoms with van der Waals surface area (Å²) in [6.07, 6.45) is 1.37. The Labute approximate surface area is 189 Å². The molecule has 0 bridgehead atoms. The molecule has 1 saturated carbocycles. The molecule has 146 valence electrons. The first kappa shape index (κ1) is 22.6. The van der Waals surface area contributed by atoms with Gasteiger partial charge in [-0.25, -0.2) is 9.78 Å². The summed E-state index contributed by atoms with van der Waals surface area (Å²) in [5, 5.41) is 23.6. The number of imidazole rings is 1. The van der Waals surface area contributed by atoms with Crippen molar-refractivity contribution in [2.24, 2.45) is 29.7 Å². The van der Waals surface area contributed by atoms with Crippen LogP contribution < -0.4 is 21.5 Å². The Morgan fingerprint density at radius 1 is 1.29 bits per heavy atom. The number of carbonyl (C=O) groups excluding carboxylic acids is 2.